The van der Waals surface area contributed by atoms with Crippen molar-refractivity contribution in [2.24, 2.45) is 5.73 Å². The maximum atomic E-state index is 15.1. The van der Waals surface area contributed by atoms with E-state index in [1.54, 1.807) is 16.6 Å². The molecule has 2 N–H and O–H groups in total. The van der Waals surface area contributed by atoms with Crippen molar-refractivity contribution < 1.29 is 18.7 Å². The van der Waals surface area contributed by atoms with Gasteiger partial charge in [-0.3, -0.25) is 9.59 Å². The SMILES string of the molecule is Cc1nn2c3c(nc2s1)CCN(C(=O)COc1ccc(C(N)=O)nc1Cl)C3c1ccc(Cl)cc1F. The van der Waals surface area contributed by atoms with Gasteiger partial charge in [0.25, 0.3) is 11.8 Å². The number of carbonyl (C=O) groups is 2. The Kier molecular flexibility index (Phi) is 6.07. The van der Waals surface area contributed by atoms with Crippen LogP contribution in [-0.4, -0.2) is 49.4 Å². The Balaban J connectivity index is 1.50. The predicted molar refractivity (Wildman–Crippen MR) is 128 cm³/mol. The first-order valence-electron chi connectivity index (χ1n) is 10.4. The summed E-state index contributed by atoms with van der Waals surface area (Å²) in [4.78, 5) is 35.4. The number of benzene rings is 1. The highest BCUT2D eigenvalue weighted by molar-refractivity contribution is 7.16. The Morgan fingerprint density at radius 3 is 2.77 bits per heavy atom. The van der Waals surface area contributed by atoms with Crippen molar-refractivity contribution >= 4 is 51.3 Å². The maximum Gasteiger partial charge on any atom is 0.267 e. The van der Waals surface area contributed by atoms with Gasteiger partial charge in [0.05, 0.1) is 11.4 Å². The molecule has 0 fully saturated rings. The van der Waals surface area contributed by atoms with Gasteiger partial charge in [-0.2, -0.15) is 5.10 Å². The average Bonchev–Trinajstić information content (AvgIpc) is 3.33. The number of halogens is 3. The van der Waals surface area contributed by atoms with Gasteiger partial charge in [-0.15, -0.1) is 0 Å². The molecule has 1 aliphatic heterocycles. The summed E-state index contributed by atoms with van der Waals surface area (Å²) in [7, 11) is 0. The van der Waals surface area contributed by atoms with Crippen molar-refractivity contribution in [3.05, 3.63) is 74.0 Å². The molecule has 9 nitrogen and oxygen atoms in total. The first-order valence-corrected chi connectivity index (χ1v) is 12.0. The van der Waals surface area contributed by atoms with Crippen LogP contribution in [0.15, 0.2) is 30.3 Å². The molecular formula is C22H17Cl2FN6O3S. The molecule has 5 rings (SSSR count). The number of rotatable bonds is 5. The Bertz CT molecular complexity index is 1490. The average molecular weight is 535 g/mol. The molecule has 1 atom stereocenters. The second kappa shape index (κ2) is 9.06. The Morgan fingerprint density at radius 1 is 1.26 bits per heavy atom. The zero-order valence-electron chi connectivity index (χ0n) is 18.2. The van der Waals surface area contributed by atoms with Crippen molar-refractivity contribution in [2.45, 2.75) is 19.4 Å². The van der Waals surface area contributed by atoms with Crippen LogP contribution in [0, 0.1) is 12.7 Å². The number of carbonyl (C=O) groups excluding carboxylic acids is 2. The van der Waals surface area contributed by atoms with Crippen molar-refractivity contribution in [1.82, 2.24) is 24.5 Å². The molecule has 0 spiro atoms. The normalized spacial score (nSPS) is 15.3. The van der Waals surface area contributed by atoms with Gasteiger partial charge in [-0.1, -0.05) is 40.6 Å². The topological polar surface area (TPSA) is 116 Å². The van der Waals surface area contributed by atoms with E-state index in [4.69, 9.17) is 33.7 Å². The monoisotopic (exact) mass is 534 g/mol. The number of fused-ring (bicyclic) bond motifs is 3. The van der Waals surface area contributed by atoms with Crippen LogP contribution in [0.4, 0.5) is 4.39 Å². The molecule has 0 bridgehead atoms. The molecule has 4 aromatic rings. The lowest BCUT2D eigenvalue weighted by molar-refractivity contribution is -0.135. The van der Waals surface area contributed by atoms with Crippen molar-refractivity contribution in [1.29, 1.82) is 0 Å². The number of amides is 2. The molecule has 1 aliphatic rings. The summed E-state index contributed by atoms with van der Waals surface area (Å²) >= 11 is 13.5. The highest BCUT2D eigenvalue weighted by Crippen LogP contribution is 2.38. The molecule has 4 heterocycles. The number of nitrogens with two attached hydrogens (primary N) is 1. The van der Waals surface area contributed by atoms with Crippen molar-refractivity contribution in [3.8, 4) is 5.75 Å². The smallest absolute Gasteiger partial charge is 0.267 e. The van der Waals surface area contributed by atoms with Crippen LogP contribution in [-0.2, 0) is 11.2 Å². The van der Waals surface area contributed by atoms with Gasteiger partial charge in [0.15, 0.2) is 17.5 Å². The summed E-state index contributed by atoms with van der Waals surface area (Å²) in [6.07, 6.45) is 0.470. The molecule has 3 aromatic heterocycles. The number of pyridine rings is 1. The molecule has 35 heavy (non-hydrogen) atoms. The molecule has 0 radical (unpaired) electrons. The predicted octanol–water partition coefficient (Wildman–Crippen LogP) is 3.59. The lowest BCUT2D eigenvalue weighted by Gasteiger charge is -2.35. The summed E-state index contributed by atoms with van der Waals surface area (Å²) in [6.45, 7) is 1.75. The zero-order chi connectivity index (χ0) is 24.9. The first-order chi connectivity index (χ1) is 16.7. The minimum atomic E-state index is -0.797. The van der Waals surface area contributed by atoms with E-state index < -0.39 is 30.3 Å². The van der Waals surface area contributed by atoms with Gasteiger partial charge in [0.1, 0.15) is 22.6 Å². The van der Waals surface area contributed by atoms with Crippen molar-refractivity contribution in [2.75, 3.05) is 13.2 Å². The second-order valence-corrected chi connectivity index (χ2v) is 9.76. The van der Waals surface area contributed by atoms with Crippen LogP contribution in [0.25, 0.3) is 4.96 Å². The fourth-order valence-corrected chi connectivity index (χ4v) is 5.19. The highest BCUT2D eigenvalue weighted by Gasteiger charge is 2.38. The lowest BCUT2D eigenvalue weighted by Crippen LogP contribution is -2.43. The van der Waals surface area contributed by atoms with Gasteiger partial charge in [0, 0.05) is 23.6 Å². The number of hydrogen-bond acceptors (Lipinski definition) is 7. The van der Waals surface area contributed by atoms with E-state index in [1.807, 2.05) is 6.92 Å². The van der Waals surface area contributed by atoms with Crippen LogP contribution >= 0.6 is 34.5 Å². The third-order valence-electron chi connectivity index (χ3n) is 5.57. The summed E-state index contributed by atoms with van der Waals surface area (Å²) in [5.74, 6) is -1.59. The van der Waals surface area contributed by atoms with E-state index in [0.717, 1.165) is 10.7 Å². The number of aryl methyl sites for hydroxylation is 1. The van der Waals surface area contributed by atoms with Gasteiger partial charge in [-0.05, 0) is 31.2 Å². The van der Waals surface area contributed by atoms with E-state index in [2.05, 4.69) is 15.1 Å². The maximum absolute atomic E-state index is 15.1. The third-order valence-corrected chi connectivity index (χ3v) is 6.90. The summed E-state index contributed by atoms with van der Waals surface area (Å²) < 4.78 is 22.4. The van der Waals surface area contributed by atoms with Gasteiger partial charge < -0.3 is 15.4 Å². The molecule has 1 aromatic carbocycles. The number of nitrogens with zero attached hydrogens (tertiary/aromatic N) is 5. The Hall–Kier alpha value is -3.28. The second-order valence-electron chi connectivity index (χ2n) is 7.80. The number of imidazole rings is 1. The van der Waals surface area contributed by atoms with E-state index >= 15 is 4.39 Å². The molecule has 1 unspecified atom stereocenters. The van der Waals surface area contributed by atoms with Crippen LogP contribution in [0.3, 0.4) is 0 Å². The fraction of sp³-hybridized carbons (Fsp3) is 0.227. The summed E-state index contributed by atoms with van der Waals surface area (Å²) in [5, 5.41) is 5.45. The molecule has 13 heteroatoms. The van der Waals surface area contributed by atoms with E-state index in [1.165, 1.54) is 34.4 Å². The minimum absolute atomic E-state index is 0.0289. The Labute approximate surface area is 212 Å². The molecular weight excluding hydrogens is 518 g/mol. The molecule has 180 valence electrons. The van der Waals surface area contributed by atoms with Crippen LogP contribution in [0.1, 0.15) is 38.5 Å². The third kappa shape index (κ3) is 4.30. The fourth-order valence-electron chi connectivity index (χ4n) is 4.06. The minimum Gasteiger partial charge on any atom is -0.481 e. The molecule has 2 amide bonds. The standard InChI is InChI=1S/C22H17Cl2FN6O3S/c1-10-29-31-19-14(28-22(31)35-10)6-7-30(18(19)12-3-2-11(23)8-13(12)25)17(32)9-34-16-5-4-15(21(26)33)27-20(16)24/h2-5,8,18H,6-7,9H2,1H3,(H2,26,33). The van der Waals surface area contributed by atoms with Crippen LogP contribution in [0.2, 0.25) is 10.2 Å². The lowest BCUT2D eigenvalue weighted by atomic mass is 9.95. The Morgan fingerprint density at radius 2 is 2.06 bits per heavy atom. The van der Waals surface area contributed by atoms with Crippen LogP contribution in [0.5, 0.6) is 5.75 Å². The zero-order valence-corrected chi connectivity index (χ0v) is 20.5. The quantitative estimate of drug-likeness (QED) is 0.391. The van der Waals surface area contributed by atoms with Gasteiger partial charge in [-0.25, -0.2) is 18.9 Å². The summed E-state index contributed by atoms with van der Waals surface area (Å²) in [5.41, 5.74) is 6.81. The summed E-state index contributed by atoms with van der Waals surface area (Å²) in [6, 6.07) is 6.30. The molecule has 0 saturated carbocycles. The number of primary amides is 1. The molecule has 0 aliphatic carbocycles. The number of ether oxygens (including phenoxy) is 1. The van der Waals surface area contributed by atoms with E-state index in [0.29, 0.717) is 23.6 Å². The van der Waals surface area contributed by atoms with E-state index in [9.17, 15) is 9.59 Å². The van der Waals surface area contributed by atoms with Gasteiger partial charge >= 0.3 is 0 Å². The number of hydrogen-bond donors (Lipinski definition) is 1. The molecule has 0 saturated heterocycles. The first kappa shape index (κ1) is 23.5. The largest absolute Gasteiger partial charge is 0.481 e. The van der Waals surface area contributed by atoms with Crippen molar-refractivity contribution in [3.63, 3.8) is 0 Å². The van der Waals surface area contributed by atoms with Crippen LogP contribution < -0.4 is 10.5 Å². The highest BCUT2D eigenvalue weighted by atomic mass is 35.5. The van der Waals surface area contributed by atoms with E-state index in [-0.39, 0.29) is 27.2 Å². The number of aromatic nitrogens is 4. The van der Waals surface area contributed by atoms with Gasteiger partial charge in [0.2, 0.25) is 4.96 Å².